The third-order valence-electron chi connectivity index (χ3n) is 1.77. The second-order valence-electron chi connectivity index (χ2n) is 3.13. The Bertz CT molecular complexity index is 230. The zero-order valence-electron chi connectivity index (χ0n) is 8.95. The molecule has 1 heteroatoms. The zero-order chi connectivity index (χ0) is 10.6. The Hall–Kier alpha value is -1.26. The molecule has 0 atom stereocenters. The molecule has 76 valence electrons. The molecule has 14 heavy (non-hydrogen) atoms. The Balaban J connectivity index is 3.37. The van der Waals surface area contributed by atoms with E-state index in [1.54, 1.807) is 6.08 Å². The Kier molecular flexibility index (Phi) is 8.94. The van der Waals surface area contributed by atoms with E-state index in [1.807, 2.05) is 25.3 Å². The van der Waals surface area contributed by atoms with E-state index < -0.39 is 0 Å². The van der Waals surface area contributed by atoms with Gasteiger partial charge in [-0.05, 0) is 26.4 Å². The molecule has 0 saturated carbocycles. The van der Waals surface area contributed by atoms with E-state index in [4.69, 9.17) is 6.42 Å². The van der Waals surface area contributed by atoms with Gasteiger partial charge in [-0.2, -0.15) is 0 Å². The number of rotatable bonds is 7. The molecule has 0 fully saturated rings. The summed E-state index contributed by atoms with van der Waals surface area (Å²) in [6.45, 7) is 5.38. The summed E-state index contributed by atoms with van der Waals surface area (Å²) in [5.41, 5.74) is 0. The van der Waals surface area contributed by atoms with E-state index in [-0.39, 0.29) is 0 Å². The first-order valence-corrected chi connectivity index (χ1v) is 4.87. The molecule has 1 nitrogen and oxygen atoms in total. The summed E-state index contributed by atoms with van der Waals surface area (Å²) < 4.78 is 0. The lowest BCUT2D eigenvalue weighted by atomic mass is 10.2. The highest BCUT2D eigenvalue weighted by atomic mass is 15.1. The summed E-state index contributed by atoms with van der Waals surface area (Å²) in [6, 6.07) is 0. The van der Waals surface area contributed by atoms with Crippen molar-refractivity contribution in [2.75, 3.05) is 20.1 Å². The van der Waals surface area contributed by atoms with E-state index in [0.29, 0.717) is 0 Å². The lowest BCUT2D eigenvalue weighted by Crippen LogP contribution is -2.19. The molecule has 0 bridgehead atoms. The van der Waals surface area contributed by atoms with Crippen LogP contribution in [0.4, 0.5) is 0 Å². The summed E-state index contributed by atoms with van der Waals surface area (Å²) in [5, 5.41) is 0. The summed E-state index contributed by atoms with van der Waals surface area (Å²) in [7, 11) is 2.04. The van der Waals surface area contributed by atoms with Crippen molar-refractivity contribution in [3.63, 3.8) is 0 Å². The Labute approximate surface area is 87.8 Å². The van der Waals surface area contributed by atoms with Crippen LogP contribution in [0.1, 0.15) is 12.8 Å². The maximum Gasteiger partial charge on any atom is 0.0596 e. The predicted octanol–water partition coefficient (Wildman–Crippen LogP) is 2.63. The molecule has 0 aliphatic carbocycles. The first-order valence-electron chi connectivity index (χ1n) is 4.87. The van der Waals surface area contributed by atoms with Gasteiger partial charge >= 0.3 is 0 Å². The molecule has 0 aromatic heterocycles. The Morgan fingerprint density at radius 3 is 2.79 bits per heavy atom. The molecule has 0 aromatic carbocycles. The van der Waals surface area contributed by atoms with Gasteiger partial charge in [0.05, 0.1) is 6.54 Å². The van der Waals surface area contributed by atoms with Crippen molar-refractivity contribution in [1.82, 2.24) is 4.90 Å². The van der Waals surface area contributed by atoms with E-state index in [0.717, 1.165) is 25.9 Å². The molecule has 0 N–H and O–H groups in total. The lowest BCUT2D eigenvalue weighted by Gasteiger charge is -2.11. The molecule has 0 radical (unpaired) electrons. The van der Waals surface area contributed by atoms with Crippen LogP contribution in [-0.4, -0.2) is 25.0 Å². The van der Waals surface area contributed by atoms with Gasteiger partial charge in [-0.25, -0.2) is 0 Å². The van der Waals surface area contributed by atoms with E-state index >= 15 is 0 Å². The number of unbranched alkanes of at least 4 members (excludes halogenated alkanes) is 1. The van der Waals surface area contributed by atoms with Crippen LogP contribution < -0.4 is 0 Å². The molecule has 0 aliphatic rings. The molecular formula is C13H19N. The van der Waals surface area contributed by atoms with Crippen LogP contribution in [0.25, 0.3) is 0 Å². The first-order chi connectivity index (χ1) is 6.81. The Morgan fingerprint density at radius 1 is 1.36 bits per heavy atom. The Morgan fingerprint density at radius 2 is 2.14 bits per heavy atom. The summed E-state index contributed by atoms with van der Waals surface area (Å²) in [6.07, 6.45) is 17.3. The monoisotopic (exact) mass is 189 g/mol. The van der Waals surface area contributed by atoms with Crippen molar-refractivity contribution in [1.29, 1.82) is 0 Å². The van der Waals surface area contributed by atoms with Gasteiger partial charge in [0, 0.05) is 0 Å². The van der Waals surface area contributed by atoms with Crippen molar-refractivity contribution in [2.45, 2.75) is 12.8 Å². The van der Waals surface area contributed by atoms with Gasteiger partial charge in [-0.1, -0.05) is 42.9 Å². The molecule has 0 aromatic rings. The minimum Gasteiger partial charge on any atom is -0.295 e. The average Bonchev–Trinajstić information content (AvgIpc) is 2.17. The molecule has 0 amide bonds. The highest BCUT2D eigenvalue weighted by Crippen LogP contribution is 1.94. The molecule has 0 heterocycles. The standard InChI is InChI=1S/C13H19N/c1-4-6-7-8-9-10-11-13-14(3)12-5-2/h2,4,6-9H,1,10-13H2,3H3/b7-6-,9-8-. The smallest absolute Gasteiger partial charge is 0.0596 e. The van der Waals surface area contributed by atoms with Crippen LogP contribution in [-0.2, 0) is 0 Å². The van der Waals surface area contributed by atoms with E-state index in [9.17, 15) is 0 Å². The minimum atomic E-state index is 0.736. The lowest BCUT2D eigenvalue weighted by molar-refractivity contribution is 0.370. The van der Waals surface area contributed by atoms with Gasteiger partial charge in [0.25, 0.3) is 0 Å². The topological polar surface area (TPSA) is 3.24 Å². The molecular weight excluding hydrogens is 170 g/mol. The number of nitrogens with zero attached hydrogens (tertiary/aromatic N) is 1. The SMILES string of the molecule is C#CCN(C)CCC/C=C\C=C/C=C. The number of hydrogen-bond acceptors (Lipinski definition) is 1. The highest BCUT2D eigenvalue weighted by Gasteiger charge is 1.92. The quantitative estimate of drug-likeness (QED) is 0.338. The number of terminal acetylenes is 1. The second-order valence-corrected chi connectivity index (χ2v) is 3.13. The van der Waals surface area contributed by atoms with Crippen molar-refractivity contribution < 1.29 is 0 Å². The minimum absolute atomic E-state index is 0.736. The molecule has 0 aliphatic heterocycles. The van der Waals surface area contributed by atoms with Gasteiger partial charge in [0.1, 0.15) is 0 Å². The van der Waals surface area contributed by atoms with Gasteiger partial charge in [-0.3, -0.25) is 4.90 Å². The molecule has 0 unspecified atom stereocenters. The predicted molar refractivity (Wildman–Crippen MR) is 64.0 cm³/mol. The van der Waals surface area contributed by atoms with Crippen molar-refractivity contribution in [3.8, 4) is 12.3 Å². The van der Waals surface area contributed by atoms with Crippen LogP contribution in [0.3, 0.4) is 0 Å². The van der Waals surface area contributed by atoms with Crippen LogP contribution in [0.15, 0.2) is 37.0 Å². The third kappa shape index (κ3) is 8.83. The summed E-state index contributed by atoms with van der Waals surface area (Å²) in [4.78, 5) is 2.15. The van der Waals surface area contributed by atoms with Crippen molar-refractivity contribution in [3.05, 3.63) is 37.0 Å². The fourth-order valence-corrected chi connectivity index (χ4v) is 1.03. The zero-order valence-corrected chi connectivity index (χ0v) is 8.95. The van der Waals surface area contributed by atoms with Crippen LogP contribution in [0.5, 0.6) is 0 Å². The number of allylic oxidation sites excluding steroid dienone is 5. The van der Waals surface area contributed by atoms with Crippen LogP contribution in [0.2, 0.25) is 0 Å². The highest BCUT2D eigenvalue weighted by molar-refractivity contribution is 5.08. The van der Waals surface area contributed by atoms with Crippen molar-refractivity contribution in [2.24, 2.45) is 0 Å². The van der Waals surface area contributed by atoms with Gasteiger partial charge < -0.3 is 0 Å². The second kappa shape index (κ2) is 9.83. The molecule has 0 spiro atoms. The average molecular weight is 189 g/mol. The summed E-state index contributed by atoms with van der Waals surface area (Å²) >= 11 is 0. The normalized spacial score (nSPS) is 11.2. The van der Waals surface area contributed by atoms with Crippen molar-refractivity contribution >= 4 is 0 Å². The first kappa shape index (κ1) is 12.7. The maximum absolute atomic E-state index is 5.19. The van der Waals surface area contributed by atoms with Crippen LogP contribution >= 0.6 is 0 Å². The molecule has 0 rings (SSSR count). The van der Waals surface area contributed by atoms with Crippen LogP contribution in [0, 0.1) is 12.3 Å². The van der Waals surface area contributed by atoms with Gasteiger partial charge in [0.2, 0.25) is 0 Å². The fourth-order valence-electron chi connectivity index (χ4n) is 1.03. The molecule has 0 saturated heterocycles. The van der Waals surface area contributed by atoms with Gasteiger partial charge in [-0.15, -0.1) is 6.42 Å². The number of hydrogen-bond donors (Lipinski definition) is 0. The van der Waals surface area contributed by atoms with E-state index in [2.05, 4.69) is 23.5 Å². The van der Waals surface area contributed by atoms with Gasteiger partial charge in [0.15, 0.2) is 0 Å². The maximum atomic E-state index is 5.19. The largest absolute Gasteiger partial charge is 0.295 e. The van der Waals surface area contributed by atoms with E-state index in [1.165, 1.54) is 0 Å². The fraction of sp³-hybridized carbons (Fsp3) is 0.385. The third-order valence-corrected chi connectivity index (χ3v) is 1.77. The summed E-state index contributed by atoms with van der Waals surface area (Å²) in [5.74, 6) is 2.62.